The molecule has 1 unspecified atom stereocenters. The number of allylic oxidation sites excluding steroid dienone is 1. The van der Waals surface area contributed by atoms with Crippen LogP contribution in [-0.4, -0.2) is 49.9 Å². The van der Waals surface area contributed by atoms with E-state index in [0.717, 1.165) is 0 Å². The number of nitrogens with one attached hydrogen (secondary N) is 2. The maximum atomic E-state index is 12.9. The molecule has 10 heteroatoms. The second-order valence-corrected chi connectivity index (χ2v) is 7.04. The second-order valence-electron chi connectivity index (χ2n) is 6.50. The fourth-order valence-electron chi connectivity index (χ4n) is 2.68. The number of thiol groups is 1. The number of amides is 2. The first kappa shape index (κ1) is 21.6. The fourth-order valence-corrected chi connectivity index (χ4v) is 2.74. The van der Waals surface area contributed by atoms with Crippen LogP contribution in [0.2, 0.25) is 0 Å². The minimum Gasteiger partial charge on any atom is -0.488 e. The zero-order chi connectivity index (χ0) is 20.9. The first-order valence-corrected chi connectivity index (χ1v) is 9.06. The van der Waals surface area contributed by atoms with Crippen molar-refractivity contribution in [1.29, 1.82) is 0 Å². The third kappa shape index (κ3) is 4.76. The minimum absolute atomic E-state index is 0.0270. The summed E-state index contributed by atoms with van der Waals surface area (Å²) in [7, 11) is 1.58. The largest absolute Gasteiger partial charge is 0.488 e. The second kappa shape index (κ2) is 8.98. The molecule has 1 aromatic carbocycles. The summed E-state index contributed by atoms with van der Waals surface area (Å²) in [6, 6.07) is 4.91. The first-order valence-electron chi connectivity index (χ1n) is 8.62. The number of hydrogen-bond donors (Lipinski definition) is 6. The summed E-state index contributed by atoms with van der Waals surface area (Å²) in [6.07, 6.45) is 0.305. The van der Waals surface area contributed by atoms with Crippen molar-refractivity contribution >= 4 is 35.8 Å². The Labute approximate surface area is 168 Å². The average molecular weight is 409 g/mol. The average Bonchev–Trinajstić information content (AvgIpc) is 3.12. The number of carbonyl (C=O) groups excluding carboxylic acids is 2. The quantitative estimate of drug-likeness (QED) is 0.175. The van der Waals surface area contributed by atoms with Gasteiger partial charge in [-0.3, -0.25) is 9.59 Å². The molecule has 0 aliphatic carbocycles. The van der Waals surface area contributed by atoms with Gasteiger partial charge in [-0.25, -0.2) is 4.99 Å². The van der Waals surface area contributed by atoms with Gasteiger partial charge in [-0.15, -0.1) is 12.6 Å². The standard InChI is InChI=1S/C18H25N5O4S/c1-10(19)14(28)8-27-11-3-4-13(20)12(7-11)15(22-2)16(24)23-18(17(21)25)5-6-26-9-18/h3-4,7,28H,5-6,8-9,19-20H2,1-2H3,(H2,21,25)(H,23,24)/p+1/b14-10-,22-15?. The Morgan fingerprint density at radius 1 is 1.39 bits per heavy atom. The predicted octanol–water partition coefficient (Wildman–Crippen LogP) is -1.97. The van der Waals surface area contributed by atoms with Crippen LogP contribution in [-0.2, 0) is 14.3 Å². The molecule has 1 saturated heterocycles. The van der Waals surface area contributed by atoms with Crippen LogP contribution in [0.15, 0.2) is 28.8 Å². The van der Waals surface area contributed by atoms with Gasteiger partial charge in [-0.05, 0) is 25.1 Å². The van der Waals surface area contributed by atoms with E-state index in [1.165, 1.54) is 0 Å². The van der Waals surface area contributed by atoms with Crippen LogP contribution in [0, 0.1) is 0 Å². The monoisotopic (exact) mass is 408 g/mol. The summed E-state index contributed by atoms with van der Waals surface area (Å²) in [4.78, 5) is 28.1. The van der Waals surface area contributed by atoms with Gasteiger partial charge in [0.2, 0.25) is 5.91 Å². The molecule has 8 N–H and O–H groups in total. The summed E-state index contributed by atoms with van der Waals surface area (Å²) < 4.78 is 10.9. The molecule has 1 aromatic rings. The van der Waals surface area contributed by atoms with Gasteiger partial charge in [-0.1, -0.05) is 0 Å². The van der Waals surface area contributed by atoms with E-state index < -0.39 is 17.4 Å². The van der Waals surface area contributed by atoms with Gasteiger partial charge in [-0.2, -0.15) is 0 Å². The van der Waals surface area contributed by atoms with Crippen LogP contribution in [0.25, 0.3) is 0 Å². The van der Waals surface area contributed by atoms with Crippen LogP contribution < -0.4 is 32.2 Å². The van der Waals surface area contributed by atoms with Crippen molar-refractivity contribution in [3.05, 3.63) is 34.4 Å². The van der Waals surface area contributed by atoms with Crippen molar-refractivity contribution in [3.63, 3.8) is 0 Å². The molecule has 0 radical (unpaired) electrons. The molecule has 28 heavy (non-hydrogen) atoms. The Balaban J connectivity index is 2.25. The van der Waals surface area contributed by atoms with E-state index >= 15 is 0 Å². The van der Waals surface area contributed by atoms with E-state index in [1.54, 1.807) is 32.2 Å². The van der Waals surface area contributed by atoms with E-state index in [-0.39, 0.29) is 18.9 Å². The lowest BCUT2D eigenvalue weighted by Crippen LogP contribution is -2.73. The molecule has 0 aromatic heterocycles. The summed E-state index contributed by atoms with van der Waals surface area (Å²) in [5.41, 5.74) is 17.5. The predicted molar refractivity (Wildman–Crippen MR) is 109 cm³/mol. The lowest BCUT2D eigenvalue weighted by Gasteiger charge is -2.24. The molecule has 0 saturated carbocycles. The molecule has 2 amide bonds. The zero-order valence-corrected chi connectivity index (χ0v) is 16.8. The highest BCUT2D eigenvalue weighted by molar-refractivity contribution is 7.84. The number of nitrogens with two attached hydrogens (primary N) is 3. The molecule has 2 rings (SSSR count). The number of hydrogen-bond acceptors (Lipinski definition) is 7. The van der Waals surface area contributed by atoms with Gasteiger partial charge in [0, 0.05) is 29.3 Å². The van der Waals surface area contributed by atoms with E-state index in [2.05, 4.69) is 22.9 Å². The van der Waals surface area contributed by atoms with Crippen molar-refractivity contribution in [3.8, 4) is 5.75 Å². The number of anilines is 1. The number of benzene rings is 1. The highest BCUT2D eigenvalue weighted by Crippen LogP contribution is 2.22. The van der Waals surface area contributed by atoms with Crippen molar-refractivity contribution in [2.45, 2.75) is 18.9 Å². The van der Waals surface area contributed by atoms with Gasteiger partial charge < -0.3 is 32.0 Å². The maximum absolute atomic E-state index is 12.9. The van der Waals surface area contributed by atoms with Gasteiger partial charge >= 0.3 is 5.91 Å². The highest BCUT2D eigenvalue weighted by Gasteiger charge is 2.44. The molecule has 1 heterocycles. The summed E-state index contributed by atoms with van der Waals surface area (Å²) in [5, 5.41) is 2.68. The Hall–Kier alpha value is -2.72. The van der Waals surface area contributed by atoms with E-state index in [4.69, 9.17) is 26.7 Å². The Morgan fingerprint density at radius 2 is 2.11 bits per heavy atom. The van der Waals surface area contributed by atoms with Gasteiger partial charge in [0.25, 0.3) is 5.71 Å². The molecule has 0 bridgehead atoms. The van der Waals surface area contributed by atoms with Crippen molar-refractivity contribution in [2.75, 3.05) is 32.6 Å². The number of rotatable bonds is 7. The normalized spacial score (nSPS) is 20.5. The Kier molecular flexibility index (Phi) is 6.92. The van der Waals surface area contributed by atoms with Gasteiger partial charge in [0.15, 0.2) is 0 Å². The zero-order valence-electron chi connectivity index (χ0n) is 15.9. The number of ether oxygens (including phenoxy) is 2. The van der Waals surface area contributed by atoms with Crippen molar-refractivity contribution < 1.29 is 24.1 Å². The molecule has 0 spiro atoms. The third-order valence-electron chi connectivity index (χ3n) is 4.45. The lowest BCUT2D eigenvalue weighted by atomic mass is 9.96. The van der Waals surface area contributed by atoms with Crippen LogP contribution >= 0.6 is 12.6 Å². The smallest absolute Gasteiger partial charge is 0.317 e. The van der Waals surface area contributed by atoms with Crippen LogP contribution in [0.4, 0.5) is 5.69 Å². The van der Waals surface area contributed by atoms with Crippen LogP contribution in [0.1, 0.15) is 18.9 Å². The molecular formula is C18H26N5O4S+. The number of carbonyl (C=O) groups is 2. The molecule has 1 atom stereocenters. The third-order valence-corrected chi connectivity index (χ3v) is 4.93. The van der Waals surface area contributed by atoms with E-state index in [1.807, 2.05) is 0 Å². The van der Waals surface area contributed by atoms with Gasteiger partial charge in [0.1, 0.15) is 24.9 Å². The highest BCUT2D eigenvalue weighted by atomic mass is 32.1. The first-order chi connectivity index (χ1) is 13.2. The number of primary amides is 1. The SMILES string of the molecule is C[NH+]=C(C(=O)NC1(C(N)=O)CCOC1)c1cc(OC/C(S)=C(\C)N)ccc1N. The molecule has 152 valence electrons. The van der Waals surface area contributed by atoms with Crippen molar-refractivity contribution in [2.24, 2.45) is 11.5 Å². The van der Waals surface area contributed by atoms with E-state index in [0.29, 0.717) is 40.6 Å². The van der Waals surface area contributed by atoms with Crippen LogP contribution in [0.3, 0.4) is 0 Å². The molecule has 1 aliphatic heterocycles. The lowest BCUT2D eigenvalue weighted by molar-refractivity contribution is -0.418. The maximum Gasteiger partial charge on any atom is 0.317 e. The molecular weight excluding hydrogens is 382 g/mol. The molecule has 1 aliphatic rings. The van der Waals surface area contributed by atoms with Crippen LogP contribution in [0.5, 0.6) is 5.75 Å². The molecule has 9 nitrogen and oxygen atoms in total. The summed E-state index contributed by atoms with van der Waals surface area (Å²) >= 11 is 4.25. The minimum atomic E-state index is -1.24. The fraction of sp³-hybridized carbons (Fsp3) is 0.389. The number of nitrogen functional groups attached to an aromatic ring is 1. The Bertz CT molecular complexity index is 827. The van der Waals surface area contributed by atoms with Gasteiger partial charge in [0.05, 0.1) is 12.2 Å². The Morgan fingerprint density at radius 3 is 2.64 bits per heavy atom. The van der Waals surface area contributed by atoms with Crippen molar-refractivity contribution in [1.82, 2.24) is 5.32 Å². The summed E-state index contributed by atoms with van der Waals surface area (Å²) in [5.74, 6) is -0.696. The molecule has 1 fully saturated rings. The summed E-state index contributed by atoms with van der Waals surface area (Å²) in [6.45, 7) is 2.26. The van der Waals surface area contributed by atoms with E-state index in [9.17, 15) is 9.59 Å². The topological polar surface area (TPSA) is 157 Å².